The smallest absolute Gasteiger partial charge is 0.257 e. The number of nitrogens with zero attached hydrogens (tertiary/aromatic N) is 2. The molecule has 0 atom stereocenters. The number of ketones is 1. The Balaban J connectivity index is 2.89. The average Bonchev–Trinajstić information content (AvgIpc) is 2.29. The fourth-order valence-electron chi connectivity index (χ4n) is 1.10. The summed E-state index contributed by atoms with van der Waals surface area (Å²) in [5.41, 5.74) is 0.897. The maximum absolute atomic E-state index is 11.9. The number of halogens is 2. The molecule has 0 saturated heterocycles. The van der Waals surface area contributed by atoms with E-state index in [9.17, 15) is 13.6 Å². The molecular weight excluding hydrogens is 178 g/mol. The first-order valence-electron chi connectivity index (χ1n) is 3.84. The molecule has 0 radical (unpaired) electrons. The summed E-state index contributed by atoms with van der Waals surface area (Å²) in [7, 11) is 0. The van der Waals surface area contributed by atoms with Crippen molar-refractivity contribution in [1.82, 2.24) is 9.78 Å². The lowest BCUT2D eigenvalue weighted by molar-refractivity contribution is 0.101. The lowest BCUT2D eigenvalue weighted by Crippen LogP contribution is -2.06. The van der Waals surface area contributed by atoms with Crippen LogP contribution in [0.4, 0.5) is 8.78 Å². The summed E-state index contributed by atoms with van der Waals surface area (Å²) < 4.78 is 24.9. The highest BCUT2D eigenvalue weighted by atomic mass is 19.3. The molecule has 1 rings (SSSR count). The minimum Gasteiger partial charge on any atom is -0.294 e. The topological polar surface area (TPSA) is 34.9 Å². The maximum Gasteiger partial charge on any atom is 0.257 e. The summed E-state index contributed by atoms with van der Waals surface area (Å²) in [4.78, 5) is 10.9. The third-order valence-electron chi connectivity index (χ3n) is 1.65. The van der Waals surface area contributed by atoms with Gasteiger partial charge in [-0.05, 0) is 13.8 Å². The molecule has 13 heavy (non-hydrogen) atoms. The minimum absolute atomic E-state index is 0.155. The average molecular weight is 188 g/mol. The molecule has 0 aliphatic carbocycles. The van der Waals surface area contributed by atoms with Crippen molar-refractivity contribution in [3.63, 3.8) is 0 Å². The predicted octanol–water partition coefficient (Wildman–Crippen LogP) is 1.66. The number of rotatable bonds is 3. The molecule has 0 unspecified atom stereocenters. The number of alkyl halides is 2. The summed E-state index contributed by atoms with van der Waals surface area (Å²) in [6.45, 7) is 2.55. The highest BCUT2D eigenvalue weighted by Gasteiger charge is 2.11. The Bertz CT molecular complexity index is 320. The van der Waals surface area contributed by atoms with Crippen molar-refractivity contribution in [3.8, 4) is 0 Å². The Morgan fingerprint density at radius 2 is 2.31 bits per heavy atom. The van der Waals surface area contributed by atoms with Crippen molar-refractivity contribution in [3.05, 3.63) is 17.5 Å². The van der Waals surface area contributed by atoms with E-state index < -0.39 is 13.0 Å². The van der Waals surface area contributed by atoms with Crippen LogP contribution in [0.3, 0.4) is 0 Å². The molecule has 1 aromatic rings. The van der Waals surface area contributed by atoms with Gasteiger partial charge in [0.05, 0.1) is 11.3 Å². The van der Waals surface area contributed by atoms with Gasteiger partial charge in [0.1, 0.15) is 6.54 Å². The molecule has 0 aliphatic rings. The number of aromatic nitrogens is 2. The molecule has 0 aliphatic heterocycles. The van der Waals surface area contributed by atoms with Crippen LogP contribution in [0.1, 0.15) is 23.0 Å². The molecule has 0 spiro atoms. The monoisotopic (exact) mass is 188 g/mol. The third-order valence-corrected chi connectivity index (χ3v) is 1.65. The molecule has 0 N–H and O–H groups in total. The Morgan fingerprint density at radius 1 is 1.69 bits per heavy atom. The van der Waals surface area contributed by atoms with Crippen LogP contribution in [0.25, 0.3) is 0 Å². The van der Waals surface area contributed by atoms with Gasteiger partial charge < -0.3 is 0 Å². The highest BCUT2D eigenvalue weighted by Crippen LogP contribution is 2.07. The quantitative estimate of drug-likeness (QED) is 0.676. The minimum atomic E-state index is -2.45. The molecule has 0 fully saturated rings. The van der Waals surface area contributed by atoms with Crippen LogP contribution in [0, 0.1) is 6.92 Å². The van der Waals surface area contributed by atoms with E-state index in [1.807, 2.05) is 0 Å². The van der Waals surface area contributed by atoms with Gasteiger partial charge in [-0.15, -0.1) is 0 Å². The zero-order valence-electron chi connectivity index (χ0n) is 7.42. The van der Waals surface area contributed by atoms with Gasteiger partial charge in [0, 0.05) is 6.20 Å². The largest absolute Gasteiger partial charge is 0.294 e. The van der Waals surface area contributed by atoms with Gasteiger partial charge in [-0.1, -0.05) is 0 Å². The summed E-state index contributed by atoms with van der Waals surface area (Å²) in [6, 6.07) is 0. The van der Waals surface area contributed by atoms with Crippen molar-refractivity contribution >= 4 is 5.78 Å². The van der Waals surface area contributed by atoms with Crippen molar-refractivity contribution in [2.24, 2.45) is 0 Å². The van der Waals surface area contributed by atoms with Crippen LogP contribution >= 0.6 is 0 Å². The second kappa shape index (κ2) is 3.64. The van der Waals surface area contributed by atoms with Crippen LogP contribution in [0.5, 0.6) is 0 Å². The van der Waals surface area contributed by atoms with E-state index in [4.69, 9.17) is 0 Å². The van der Waals surface area contributed by atoms with E-state index in [1.165, 1.54) is 13.1 Å². The Kier molecular flexibility index (Phi) is 2.75. The number of Topliss-reactive ketones (excluding diaryl/α,β-unsaturated/α-hetero) is 1. The highest BCUT2D eigenvalue weighted by molar-refractivity contribution is 5.94. The lowest BCUT2D eigenvalue weighted by atomic mass is 10.2. The molecule has 3 nitrogen and oxygen atoms in total. The second-order valence-electron chi connectivity index (χ2n) is 2.80. The van der Waals surface area contributed by atoms with Crippen LogP contribution in [0.15, 0.2) is 6.20 Å². The van der Waals surface area contributed by atoms with Crippen molar-refractivity contribution in [2.45, 2.75) is 26.8 Å². The first-order valence-corrected chi connectivity index (χ1v) is 3.84. The first-order chi connectivity index (χ1) is 6.00. The third kappa shape index (κ3) is 2.34. The van der Waals surface area contributed by atoms with Crippen LogP contribution in [-0.2, 0) is 6.54 Å². The summed E-state index contributed by atoms with van der Waals surface area (Å²) in [5, 5.41) is 3.79. The molecule has 0 saturated carbocycles. The molecule has 72 valence electrons. The molecular formula is C8H10F2N2O. The van der Waals surface area contributed by atoms with Crippen LogP contribution in [0.2, 0.25) is 0 Å². The van der Waals surface area contributed by atoms with Crippen molar-refractivity contribution in [2.75, 3.05) is 0 Å². The molecule has 5 heteroatoms. The number of carbonyl (C=O) groups excluding carboxylic acids is 1. The Hall–Kier alpha value is -1.26. The van der Waals surface area contributed by atoms with Gasteiger partial charge in [0.25, 0.3) is 6.43 Å². The summed E-state index contributed by atoms with van der Waals surface area (Å²) in [6.07, 6.45) is -1.09. The van der Waals surface area contributed by atoms with E-state index >= 15 is 0 Å². The Labute approximate surface area is 74.4 Å². The van der Waals surface area contributed by atoms with Crippen LogP contribution in [-0.4, -0.2) is 22.0 Å². The SMILES string of the molecule is CC(=O)c1cn(CC(F)F)nc1C. The zero-order chi connectivity index (χ0) is 10.0. The molecule has 1 aromatic heterocycles. The maximum atomic E-state index is 11.9. The van der Waals surface area contributed by atoms with Gasteiger partial charge >= 0.3 is 0 Å². The number of carbonyl (C=O) groups is 1. The van der Waals surface area contributed by atoms with E-state index in [2.05, 4.69) is 5.10 Å². The molecule has 0 bridgehead atoms. The molecule has 0 amide bonds. The standard InChI is InChI=1S/C8H10F2N2O/c1-5-7(6(2)13)3-12(11-5)4-8(9)10/h3,8H,4H2,1-2H3. The first kappa shape index (κ1) is 9.83. The number of hydrogen-bond donors (Lipinski definition) is 0. The van der Waals surface area contributed by atoms with Gasteiger partial charge in [-0.3, -0.25) is 9.48 Å². The summed E-state index contributed by atoms with van der Waals surface area (Å²) in [5.74, 6) is -0.155. The second-order valence-corrected chi connectivity index (χ2v) is 2.80. The van der Waals surface area contributed by atoms with Gasteiger partial charge in [-0.25, -0.2) is 8.78 Å². The van der Waals surface area contributed by atoms with Gasteiger partial charge in [-0.2, -0.15) is 5.10 Å². The van der Waals surface area contributed by atoms with E-state index in [0.29, 0.717) is 11.3 Å². The zero-order valence-corrected chi connectivity index (χ0v) is 7.42. The lowest BCUT2D eigenvalue weighted by Gasteiger charge is -1.97. The van der Waals surface area contributed by atoms with Crippen LogP contribution < -0.4 is 0 Å². The van der Waals surface area contributed by atoms with Gasteiger partial charge in [0.15, 0.2) is 5.78 Å². The van der Waals surface area contributed by atoms with E-state index in [-0.39, 0.29) is 5.78 Å². The Morgan fingerprint density at radius 3 is 2.69 bits per heavy atom. The van der Waals surface area contributed by atoms with E-state index in [0.717, 1.165) is 4.68 Å². The fraction of sp³-hybridized carbons (Fsp3) is 0.500. The number of hydrogen-bond acceptors (Lipinski definition) is 2. The van der Waals surface area contributed by atoms with Crippen molar-refractivity contribution in [1.29, 1.82) is 0 Å². The molecule has 1 heterocycles. The fourth-order valence-corrected chi connectivity index (χ4v) is 1.10. The molecule has 0 aromatic carbocycles. The van der Waals surface area contributed by atoms with Gasteiger partial charge in [0.2, 0.25) is 0 Å². The normalized spacial score (nSPS) is 10.8. The predicted molar refractivity (Wildman–Crippen MR) is 43.0 cm³/mol. The summed E-state index contributed by atoms with van der Waals surface area (Å²) >= 11 is 0. The van der Waals surface area contributed by atoms with Crippen molar-refractivity contribution < 1.29 is 13.6 Å². The number of aryl methyl sites for hydroxylation is 1. The van der Waals surface area contributed by atoms with E-state index in [1.54, 1.807) is 6.92 Å².